The highest BCUT2D eigenvalue weighted by Gasteiger charge is 2.10. The zero-order valence-corrected chi connectivity index (χ0v) is 10.6. The van der Waals surface area contributed by atoms with Crippen LogP contribution < -0.4 is 0 Å². The molecule has 7 heteroatoms. The average Bonchev–Trinajstić information content (AvgIpc) is 2.70. The van der Waals surface area contributed by atoms with E-state index in [1.165, 1.54) is 18.1 Å². The fourth-order valence-electron chi connectivity index (χ4n) is 1.45. The van der Waals surface area contributed by atoms with Crippen molar-refractivity contribution in [1.82, 2.24) is 19.5 Å². The highest BCUT2D eigenvalue weighted by Crippen LogP contribution is 2.19. The number of hydrogen-bond donors (Lipinski definition) is 1. The molecule has 2 aromatic rings. The van der Waals surface area contributed by atoms with E-state index < -0.39 is 5.97 Å². The molecule has 1 N–H and O–H groups in total. The Morgan fingerprint density at radius 3 is 3.00 bits per heavy atom. The highest BCUT2D eigenvalue weighted by molar-refractivity contribution is 7.99. The molecule has 0 aromatic carbocycles. The Balaban J connectivity index is 2.16. The lowest BCUT2D eigenvalue weighted by atomic mass is 10.4. The summed E-state index contributed by atoms with van der Waals surface area (Å²) >= 11 is 1.20. The molecule has 0 amide bonds. The number of aromatic nitrogens is 4. The zero-order chi connectivity index (χ0) is 13.0. The molecule has 0 atom stereocenters. The first-order valence-corrected chi connectivity index (χ1v) is 6.27. The van der Waals surface area contributed by atoms with E-state index in [0.29, 0.717) is 11.7 Å². The van der Waals surface area contributed by atoms with Crippen LogP contribution in [0.5, 0.6) is 0 Å². The largest absolute Gasteiger partial charge is 0.481 e. The van der Waals surface area contributed by atoms with Crippen LogP contribution in [0.3, 0.4) is 0 Å². The third kappa shape index (κ3) is 3.07. The second kappa shape index (κ2) is 5.63. The number of carbonyl (C=O) groups is 1. The number of aliphatic carboxylic acids is 1. The van der Waals surface area contributed by atoms with Crippen LogP contribution in [0.2, 0.25) is 0 Å². The lowest BCUT2D eigenvalue weighted by Gasteiger charge is -2.08. The molecule has 0 radical (unpaired) electrons. The maximum Gasteiger partial charge on any atom is 0.313 e. The van der Waals surface area contributed by atoms with Gasteiger partial charge in [0.2, 0.25) is 0 Å². The molecule has 94 valence electrons. The lowest BCUT2D eigenvalue weighted by molar-refractivity contribution is -0.133. The monoisotopic (exact) mass is 264 g/mol. The van der Waals surface area contributed by atoms with Gasteiger partial charge in [0.25, 0.3) is 0 Å². The van der Waals surface area contributed by atoms with Gasteiger partial charge in [-0.25, -0.2) is 15.0 Å². The Bertz CT molecular complexity index is 541. The number of nitrogens with zero attached hydrogens (tertiary/aromatic N) is 4. The van der Waals surface area contributed by atoms with Crippen LogP contribution in [0.25, 0.3) is 0 Å². The first-order chi connectivity index (χ1) is 8.66. The minimum atomic E-state index is -0.853. The van der Waals surface area contributed by atoms with Crippen molar-refractivity contribution in [2.24, 2.45) is 0 Å². The SMILES string of the molecule is Cc1cnc(SCC(=O)O)n1Cc1ccncn1. The van der Waals surface area contributed by atoms with Crippen molar-refractivity contribution in [3.8, 4) is 0 Å². The molecule has 0 aliphatic rings. The molecular formula is C11H12N4O2S. The molecule has 0 aliphatic heterocycles. The van der Waals surface area contributed by atoms with Crippen molar-refractivity contribution in [2.75, 3.05) is 5.75 Å². The van der Waals surface area contributed by atoms with Gasteiger partial charge in [-0.2, -0.15) is 0 Å². The highest BCUT2D eigenvalue weighted by atomic mass is 32.2. The van der Waals surface area contributed by atoms with Crippen LogP contribution in [0.4, 0.5) is 0 Å². The number of imidazole rings is 1. The van der Waals surface area contributed by atoms with E-state index in [0.717, 1.165) is 11.4 Å². The summed E-state index contributed by atoms with van der Waals surface area (Å²) in [6.07, 6.45) is 4.90. The third-order valence-corrected chi connectivity index (χ3v) is 3.28. The molecule has 6 nitrogen and oxygen atoms in total. The van der Waals surface area contributed by atoms with Crippen molar-refractivity contribution in [3.63, 3.8) is 0 Å². The third-order valence-electron chi connectivity index (χ3n) is 2.31. The summed E-state index contributed by atoms with van der Waals surface area (Å²) in [6.45, 7) is 2.50. The van der Waals surface area contributed by atoms with Crippen molar-refractivity contribution < 1.29 is 9.90 Å². The Kier molecular flexibility index (Phi) is 3.93. The Morgan fingerprint density at radius 1 is 1.50 bits per heavy atom. The number of hydrogen-bond acceptors (Lipinski definition) is 5. The molecule has 2 heterocycles. The number of thioether (sulfide) groups is 1. The van der Waals surface area contributed by atoms with Gasteiger partial charge in [0.1, 0.15) is 6.33 Å². The van der Waals surface area contributed by atoms with Crippen molar-refractivity contribution in [3.05, 3.63) is 36.2 Å². The van der Waals surface area contributed by atoms with E-state index in [1.807, 2.05) is 17.6 Å². The van der Waals surface area contributed by atoms with Gasteiger partial charge >= 0.3 is 5.97 Å². The average molecular weight is 264 g/mol. The van der Waals surface area contributed by atoms with Gasteiger partial charge in [0.15, 0.2) is 5.16 Å². The van der Waals surface area contributed by atoms with Gasteiger partial charge in [-0.05, 0) is 13.0 Å². The van der Waals surface area contributed by atoms with E-state index in [9.17, 15) is 4.79 Å². The second-order valence-electron chi connectivity index (χ2n) is 3.65. The lowest BCUT2D eigenvalue weighted by Crippen LogP contribution is -2.07. The molecule has 0 fully saturated rings. The predicted molar refractivity (Wildman–Crippen MR) is 66.5 cm³/mol. The van der Waals surface area contributed by atoms with Crippen LogP contribution in [0.1, 0.15) is 11.4 Å². The second-order valence-corrected chi connectivity index (χ2v) is 4.59. The minimum absolute atomic E-state index is 0.000225. The number of aryl methyl sites for hydroxylation is 1. The summed E-state index contributed by atoms with van der Waals surface area (Å²) in [7, 11) is 0. The smallest absolute Gasteiger partial charge is 0.313 e. The summed E-state index contributed by atoms with van der Waals surface area (Å²) < 4.78 is 1.94. The van der Waals surface area contributed by atoms with Crippen LogP contribution in [-0.4, -0.2) is 36.3 Å². The molecular weight excluding hydrogens is 252 g/mol. The van der Waals surface area contributed by atoms with Gasteiger partial charge in [0.05, 0.1) is 18.0 Å². The summed E-state index contributed by atoms with van der Waals surface area (Å²) in [4.78, 5) is 22.8. The molecule has 0 spiro atoms. The Morgan fingerprint density at radius 2 is 2.33 bits per heavy atom. The van der Waals surface area contributed by atoms with Gasteiger partial charge in [0, 0.05) is 18.1 Å². The fourth-order valence-corrected chi connectivity index (χ4v) is 2.19. The molecule has 0 aliphatic carbocycles. The van der Waals surface area contributed by atoms with E-state index >= 15 is 0 Å². The van der Waals surface area contributed by atoms with Crippen molar-refractivity contribution >= 4 is 17.7 Å². The first kappa shape index (κ1) is 12.6. The quantitative estimate of drug-likeness (QED) is 0.817. The molecule has 0 unspecified atom stereocenters. The summed E-state index contributed by atoms with van der Waals surface area (Å²) in [6, 6.07) is 1.82. The molecule has 0 bridgehead atoms. The topological polar surface area (TPSA) is 80.9 Å². The molecule has 18 heavy (non-hydrogen) atoms. The summed E-state index contributed by atoms with van der Waals surface area (Å²) in [5.74, 6) is -0.852. The Labute approximate surface area is 108 Å². The summed E-state index contributed by atoms with van der Waals surface area (Å²) in [5, 5.41) is 9.37. The van der Waals surface area contributed by atoms with Gasteiger partial charge < -0.3 is 9.67 Å². The maximum atomic E-state index is 10.6. The van der Waals surface area contributed by atoms with Crippen LogP contribution in [0, 0.1) is 6.92 Å². The zero-order valence-electron chi connectivity index (χ0n) is 9.78. The van der Waals surface area contributed by atoms with E-state index in [4.69, 9.17) is 5.11 Å². The summed E-state index contributed by atoms with van der Waals surface area (Å²) in [5.41, 5.74) is 1.84. The maximum absolute atomic E-state index is 10.6. The van der Waals surface area contributed by atoms with Gasteiger partial charge in [-0.1, -0.05) is 11.8 Å². The predicted octanol–water partition coefficient (Wildman–Crippen LogP) is 1.21. The van der Waals surface area contributed by atoms with E-state index in [2.05, 4.69) is 15.0 Å². The molecule has 0 saturated heterocycles. The van der Waals surface area contributed by atoms with Crippen LogP contribution in [-0.2, 0) is 11.3 Å². The normalized spacial score (nSPS) is 10.5. The first-order valence-electron chi connectivity index (χ1n) is 5.28. The van der Waals surface area contributed by atoms with Crippen LogP contribution >= 0.6 is 11.8 Å². The van der Waals surface area contributed by atoms with E-state index in [-0.39, 0.29) is 5.75 Å². The van der Waals surface area contributed by atoms with Gasteiger partial charge in [-0.15, -0.1) is 0 Å². The standard InChI is InChI=1S/C11H12N4O2S/c1-8-4-13-11(18-6-10(16)17)15(8)5-9-2-3-12-7-14-9/h2-4,7H,5-6H2,1H3,(H,16,17). The molecule has 2 aromatic heterocycles. The molecule has 2 rings (SSSR count). The minimum Gasteiger partial charge on any atom is -0.481 e. The van der Waals surface area contributed by atoms with Crippen molar-refractivity contribution in [1.29, 1.82) is 0 Å². The Hall–Kier alpha value is -1.89. The molecule has 0 saturated carbocycles. The van der Waals surface area contributed by atoms with Crippen molar-refractivity contribution in [2.45, 2.75) is 18.6 Å². The number of rotatable bonds is 5. The van der Waals surface area contributed by atoms with Gasteiger partial charge in [-0.3, -0.25) is 4.79 Å². The fraction of sp³-hybridized carbons (Fsp3) is 0.273. The van der Waals surface area contributed by atoms with E-state index in [1.54, 1.807) is 12.4 Å². The van der Waals surface area contributed by atoms with Crippen LogP contribution in [0.15, 0.2) is 29.9 Å². The number of carboxylic acid groups (broad SMARTS) is 1. The number of carboxylic acids is 1.